The molecule has 1 aliphatic carbocycles. The number of ether oxygens (including phenoxy) is 2. The predicted molar refractivity (Wildman–Crippen MR) is 328 cm³/mol. The first-order valence-electron chi connectivity index (χ1n) is 27.5. The van der Waals surface area contributed by atoms with Crippen molar-refractivity contribution in [3.8, 4) is 78.3 Å². The van der Waals surface area contributed by atoms with E-state index in [2.05, 4.69) is 258 Å². The summed E-state index contributed by atoms with van der Waals surface area (Å²) < 4.78 is 12.0. The van der Waals surface area contributed by atoms with Gasteiger partial charge in [-0.25, -0.2) is 0 Å². The van der Waals surface area contributed by atoms with E-state index in [4.69, 9.17) is 9.47 Å². The highest BCUT2D eigenvalue weighted by Gasteiger charge is 2.37. The van der Waals surface area contributed by atoms with Gasteiger partial charge in [0, 0.05) is 5.41 Å². The van der Waals surface area contributed by atoms with Crippen LogP contribution in [0.3, 0.4) is 0 Å². The summed E-state index contributed by atoms with van der Waals surface area (Å²) in [7, 11) is 0. The molecule has 13 aromatic rings. The van der Waals surface area contributed by atoms with Gasteiger partial charge in [-0.3, -0.25) is 0 Å². The Morgan fingerprint density at radius 3 is 0.766 bits per heavy atom. The first-order chi connectivity index (χ1) is 37.9. The van der Waals surface area contributed by atoms with Crippen molar-refractivity contribution < 1.29 is 9.47 Å². The largest absolute Gasteiger partial charge is 0.494 e. The zero-order valence-corrected chi connectivity index (χ0v) is 44.1. The van der Waals surface area contributed by atoms with Gasteiger partial charge in [-0.2, -0.15) is 0 Å². The van der Waals surface area contributed by atoms with E-state index in [0.29, 0.717) is 13.2 Å². The molecule has 13 aromatic carbocycles. The van der Waals surface area contributed by atoms with Crippen LogP contribution in [0, 0.1) is 0 Å². The van der Waals surface area contributed by atoms with Crippen LogP contribution < -0.4 is 9.47 Å². The topological polar surface area (TPSA) is 18.5 Å². The van der Waals surface area contributed by atoms with Crippen LogP contribution in [0.2, 0.25) is 0 Å². The van der Waals surface area contributed by atoms with Gasteiger partial charge in [-0.15, -0.1) is 0 Å². The Hall–Kier alpha value is -8.98. The van der Waals surface area contributed by atoms with Crippen molar-refractivity contribution in [1.29, 1.82) is 0 Å². The Labute approximate surface area is 450 Å². The Morgan fingerprint density at radius 2 is 0.506 bits per heavy atom. The van der Waals surface area contributed by atoms with Crippen molar-refractivity contribution >= 4 is 64.6 Å². The smallest absolute Gasteiger partial charge is 0.119 e. The molecule has 0 heterocycles. The molecule has 370 valence electrons. The lowest BCUT2D eigenvalue weighted by Crippen LogP contribution is -2.15. The van der Waals surface area contributed by atoms with E-state index in [9.17, 15) is 0 Å². The summed E-state index contributed by atoms with van der Waals surface area (Å²) in [4.78, 5) is 0. The third-order valence-electron chi connectivity index (χ3n) is 16.5. The highest BCUT2D eigenvalue weighted by molar-refractivity contribution is 6.30. The fraction of sp³-hybridized carbons (Fsp3) is 0.120. The second kappa shape index (κ2) is 18.7. The quantitative estimate of drug-likeness (QED) is 0.120. The molecule has 14 rings (SSSR count). The number of rotatable bonds is 11. The van der Waals surface area contributed by atoms with Crippen molar-refractivity contribution in [2.45, 2.75) is 46.0 Å². The molecule has 0 radical (unpaired) electrons. The first-order valence-corrected chi connectivity index (χ1v) is 27.5. The average molecular weight is 991 g/mol. The molecule has 0 spiro atoms. The Kier molecular flexibility index (Phi) is 11.3. The average Bonchev–Trinajstić information content (AvgIpc) is 3.86. The molecular formula is C75H58O2. The highest BCUT2D eigenvalue weighted by Crippen LogP contribution is 2.55. The summed E-state index contributed by atoms with van der Waals surface area (Å²) >= 11 is 0. The van der Waals surface area contributed by atoms with Gasteiger partial charge in [0.25, 0.3) is 0 Å². The number of benzene rings is 13. The fourth-order valence-electron chi connectivity index (χ4n) is 13.1. The molecule has 0 saturated carbocycles. The standard InChI is InChI=1S/C75H58O2/c1-5-43-76-51-37-31-47(32-38-51)69-55-19-7-9-21-57(55)71(58-22-10-8-20-56(58)69)49-35-41-53-54-42-36-50(46-68(54)75(3,4)67(53)45-49)72-61-25-13-17-29-65(61)74(66-30-18-14-26-62(66)72)73-63-27-15-11-23-59(63)70(60-24-12-16-28-64(60)73)48-33-39-52(40-34-48)77-44-6-2/h7-42,45-46H,5-6,43-44H2,1-4H3. The monoisotopic (exact) mass is 990 g/mol. The molecule has 0 bridgehead atoms. The number of fused-ring (bicyclic) bond motifs is 9. The molecule has 0 unspecified atom stereocenters. The fourth-order valence-corrected chi connectivity index (χ4v) is 13.1. The molecule has 0 aliphatic heterocycles. The van der Waals surface area contributed by atoms with Gasteiger partial charge in [-0.05, 0) is 192 Å². The van der Waals surface area contributed by atoms with E-state index in [-0.39, 0.29) is 5.41 Å². The maximum absolute atomic E-state index is 6.03. The first kappa shape index (κ1) is 46.5. The van der Waals surface area contributed by atoms with Crippen molar-refractivity contribution in [1.82, 2.24) is 0 Å². The Bertz CT molecular complexity index is 4310. The van der Waals surface area contributed by atoms with E-state index >= 15 is 0 Å². The zero-order chi connectivity index (χ0) is 51.8. The molecule has 0 aromatic heterocycles. The van der Waals surface area contributed by atoms with Gasteiger partial charge in [-0.1, -0.05) is 222 Å². The van der Waals surface area contributed by atoms with Crippen LogP contribution in [0.15, 0.2) is 231 Å². The van der Waals surface area contributed by atoms with Crippen LogP contribution in [-0.2, 0) is 5.41 Å². The highest BCUT2D eigenvalue weighted by atomic mass is 16.5. The lowest BCUT2D eigenvalue weighted by molar-refractivity contribution is 0.317. The summed E-state index contributed by atoms with van der Waals surface area (Å²) in [6.45, 7) is 10.6. The molecule has 77 heavy (non-hydrogen) atoms. The molecule has 0 fully saturated rings. The second-order valence-electron chi connectivity index (χ2n) is 21.4. The maximum Gasteiger partial charge on any atom is 0.119 e. The van der Waals surface area contributed by atoms with Gasteiger partial charge in [0.05, 0.1) is 13.2 Å². The van der Waals surface area contributed by atoms with Crippen LogP contribution in [0.5, 0.6) is 11.5 Å². The summed E-state index contributed by atoms with van der Waals surface area (Å²) in [5, 5.41) is 15.0. The molecule has 2 nitrogen and oxygen atoms in total. The summed E-state index contributed by atoms with van der Waals surface area (Å²) in [5.41, 5.74) is 17.5. The van der Waals surface area contributed by atoms with Crippen LogP contribution >= 0.6 is 0 Å². The third-order valence-corrected chi connectivity index (χ3v) is 16.5. The van der Waals surface area contributed by atoms with Gasteiger partial charge < -0.3 is 9.47 Å². The summed E-state index contributed by atoms with van der Waals surface area (Å²) in [5.74, 6) is 1.81. The summed E-state index contributed by atoms with van der Waals surface area (Å²) in [6, 6.07) is 86.1. The van der Waals surface area contributed by atoms with Crippen LogP contribution in [-0.4, -0.2) is 13.2 Å². The molecule has 0 saturated heterocycles. The van der Waals surface area contributed by atoms with Gasteiger partial charge in [0.15, 0.2) is 0 Å². The maximum atomic E-state index is 6.03. The lowest BCUT2D eigenvalue weighted by Gasteiger charge is -2.24. The van der Waals surface area contributed by atoms with Crippen LogP contribution in [0.25, 0.3) is 131 Å². The van der Waals surface area contributed by atoms with Crippen molar-refractivity contribution in [2.24, 2.45) is 0 Å². The van der Waals surface area contributed by atoms with Gasteiger partial charge in [0.1, 0.15) is 11.5 Å². The van der Waals surface area contributed by atoms with Gasteiger partial charge >= 0.3 is 0 Å². The van der Waals surface area contributed by atoms with E-state index in [1.165, 1.54) is 143 Å². The molecule has 0 N–H and O–H groups in total. The second-order valence-corrected chi connectivity index (χ2v) is 21.4. The number of hydrogen-bond acceptors (Lipinski definition) is 2. The van der Waals surface area contributed by atoms with Crippen LogP contribution in [0.4, 0.5) is 0 Å². The lowest BCUT2D eigenvalue weighted by atomic mass is 9.79. The minimum Gasteiger partial charge on any atom is -0.494 e. The molecule has 1 aliphatic rings. The van der Waals surface area contributed by atoms with Crippen LogP contribution in [0.1, 0.15) is 51.7 Å². The molecular weight excluding hydrogens is 933 g/mol. The minimum absolute atomic E-state index is 0.266. The molecule has 0 atom stereocenters. The third kappa shape index (κ3) is 7.45. The van der Waals surface area contributed by atoms with E-state index in [1.807, 2.05) is 0 Å². The normalized spacial score (nSPS) is 12.7. The number of hydrogen-bond donors (Lipinski definition) is 0. The van der Waals surface area contributed by atoms with Crippen molar-refractivity contribution in [3.05, 3.63) is 242 Å². The van der Waals surface area contributed by atoms with E-state index in [0.717, 1.165) is 24.3 Å². The Morgan fingerprint density at radius 1 is 0.273 bits per heavy atom. The van der Waals surface area contributed by atoms with Crippen molar-refractivity contribution in [3.63, 3.8) is 0 Å². The molecule has 0 amide bonds. The minimum atomic E-state index is -0.266. The summed E-state index contributed by atoms with van der Waals surface area (Å²) in [6.07, 6.45) is 1.96. The van der Waals surface area contributed by atoms with Gasteiger partial charge in [0.2, 0.25) is 0 Å². The van der Waals surface area contributed by atoms with E-state index < -0.39 is 0 Å². The zero-order valence-electron chi connectivity index (χ0n) is 44.1. The van der Waals surface area contributed by atoms with E-state index in [1.54, 1.807) is 0 Å². The van der Waals surface area contributed by atoms with Crippen molar-refractivity contribution in [2.75, 3.05) is 13.2 Å². The Balaban J connectivity index is 0.915. The molecule has 2 heteroatoms. The predicted octanol–water partition coefficient (Wildman–Crippen LogP) is 20.8. The SMILES string of the molecule is CCCOc1ccc(-c2c3ccccc3c(-c3ccc4c(c3)C(C)(C)c3cc(-c5c6ccccc6c(-c6c7ccccc7c(-c7ccc(OCCC)cc7)c7ccccc67)c6ccccc56)ccc3-4)c3ccccc23)cc1.